The van der Waals surface area contributed by atoms with E-state index in [1.807, 2.05) is 35.5 Å². The van der Waals surface area contributed by atoms with E-state index in [9.17, 15) is 4.79 Å². The molecular formula is C18H18ClN5O. The van der Waals surface area contributed by atoms with Crippen molar-refractivity contribution >= 4 is 34.5 Å². The lowest BCUT2D eigenvalue weighted by atomic mass is 10.1. The van der Waals surface area contributed by atoms with Crippen molar-refractivity contribution in [1.82, 2.24) is 19.4 Å². The first-order chi connectivity index (χ1) is 12.2. The third-order valence-corrected chi connectivity index (χ3v) is 4.79. The molecule has 4 rings (SSSR count). The summed E-state index contributed by atoms with van der Waals surface area (Å²) in [6.45, 7) is 1.40. The quantitative estimate of drug-likeness (QED) is 0.757. The Balaban J connectivity index is 1.40. The molecule has 1 aromatic carbocycles. The average molecular weight is 356 g/mol. The summed E-state index contributed by atoms with van der Waals surface area (Å²) in [5, 5.41) is 3.51. The number of piperidine rings is 1. The van der Waals surface area contributed by atoms with Crippen molar-refractivity contribution in [2.75, 3.05) is 18.4 Å². The minimum Gasteiger partial charge on any atom is -0.324 e. The molecule has 6 nitrogen and oxygen atoms in total. The molecule has 1 fully saturated rings. The smallest absolute Gasteiger partial charge is 0.321 e. The molecule has 0 spiro atoms. The molecule has 0 bridgehead atoms. The first-order valence-electron chi connectivity index (χ1n) is 8.30. The Kier molecular flexibility index (Phi) is 4.28. The van der Waals surface area contributed by atoms with Gasteiger partial charge in [-0.05, 0) is 43.2 Å². The van der Waals surface area contributed by atoms with Gasteiger partial charge in [0.05, 0.1) is 6.33 Å². The Morgan fingerprint density at radius 3 is 2.80 bits per heavy atom. The number of carbonyl (C=O) groups excluding carboxylic acids is 1. The molecule has 1 aliphatic rings. The number of nitrogens with one attached hydrogen (secondary N) is 1. The van der Waals surface area contributed by atoms with E-state index in [-0.39, 0.29) is 6.03 Å². The van der Waals surface area contributed by atoms with Crippen molar-refractivity contribution in [1.29, 1.82) is 0 Å². The third kappa shape index (κ3) is 3.30. The van der Waals surface area contributed by atoms with Gasteiger partial charge in [0, 0.05) is 36.0 Å². The maximum absolute atomic E-state index is 12.4. The number of imidazole rings is 1. The summed E-state index contributed by atoms with van der Waals surface area (Å²) in [5.41, 5.74) is 2.53. The van der Waals surface area contributed by atoms with E-state index >= 15 is 0 Å². The first-order valence-corrected chi connectivity index (χ1v) is 8.67. The van der Waals surface area contributed by atoms with Crippen LogP contribution >= 0.6 is 11.6 Å². The van der Waals surface area contributed by atoms with Gasteiger partial charge in [0.15, 0.2) is 5.65 Å². The Bertz CT molecular complexity index is 901. The third-order valence-electron chi connectivity index (χ3n) is 4.55. The fourth-order valence-corrected chi connectivity index (χ4v) is 3.44. The van der Waals surface area contributed by atoms with Gasteiger partial charge in [0.1, 0.15) is 5.52 Å². The molecular weight excluding hydrogens is 338 g/mol. The van der Waals surface area contributed by atoms with Gasteiger partial charge in [-0.1, -0.05) is 17.7 Å². The SMILES string of the molecule is O=C(Nc1cccc(Cl)c1)N1CCC(n2cnc3cccnc32)CC1. The molecule has 1 saturated heterocycles. The number of urea groups is 1. The highest BCUT2D eigenvalue weighted by molar-refractivity contribution is 6.30. The van der Waals surface area contributed by atoms with Crippen LogP contribution in [0, 0.1) is 0 Å². The number of nitrogens with zero attached hydrogens (tertiary/aromatic N) is 4. The fraction of sp³-hybridized carbons (Fsp3) is 0.278. The summed E-state index contributed by atoms with van der Waals surface area (Å²) in [6.07, 6.45) is 5.40. The van der Waals surface area contributed by atoms with Crippen LogP contribution in [0.4, 0.5) is 10.5 Å². The molecule has 128 valence electrons. The van der Waals surface area contributed by atoms with Gasteiger partial charge in [0.2, 0.25) is 0 Å². The highest BCUT2D eigenvalue weighted by atomic mass is 35.5. The molecule has 0 radical (unpaired) electrons. The topological polar surface area (TPSA) is 63.1 Å². The van der Waals surface area contributed by atoms with E-state index < -0.39 is 0 Å². The van der Waals surface area contributed by atoms with Crippen LogP contribution in [-0.4, -0.2) is 38.6 Å². The van der Waals surface area contributed by atoms with Gasteiger partial charge in [0.25, 0.3) is 0 Å². The molecule has 1 N–H and O–H groups in total. The van der Waals surface area contributed by atoms with Crippen LogP contribution in [0.25, 0.3) is 11.2 Å². The number of carbonyl (C=O) groups is 1. The van der Waals surface area contributed by atoms with Gasteiger partial charge in [-0.2, -0.15) is 0 Å². The second-order valence-electron chi connectivity index (χ2n) is 6.16. The normalized spacial score (nSPS) is 15.5. The van der Waals surface area contributed by atoms with E-state index in [4.69, 9.17) is 11.6 Å². The number of halogens is 1. The number of pyridine rings is 1. The maximum Gasteiger partial charge on any atom is 0.321 e. The standard InChI is InChI=1S/C18H18ClN5O/c19-13-3-1-4-14(11-13)22-18(25)23-9-6-15(7-10-23)24-12-21-16-5-2-8-20-17(16)24/h1-5,8,11-12,15H,6-7,9-10H2,(H,22,25). The number of likely N-dealkylation sites (tertiary alicyclic amines) is 1. The molecule has 2 amide bonds. The minimum atomic E-state index is -0.0886. The number of anilines is 1. The second-order valence-corrected chi connectivity index (χ2v) is 6.59. The second kappa shape index (κ2) is 6.72. The molecule has 0 aliphatic carbocycles. The number of amides is 2. The summed E-state index contributed by atoms with van der Waals surface area (Å²) >= 11 is 5.96. The number of fused-ring (bicyclic) bond motifs is 1. The van der Waals surface area contributed by atoms with Gasteiger partial charge in [-0.3, -0.25) is 0 Å². The van der Waals surface area contributed by atoms with Crippen LogP contribution in [0.5, 0.6) is 0 Å². The molecule has 0 saturated carbocycles. The maximum atomic E-state index is 12.4. The minimum absolute atomic E-state index is 0.0886. The van der Waals surface area contributed by atoms with E-state index in [1.54, 1.807) is 18.3 Å². The molecule has 0 unspecified atom stereocenters. The molecule has 3 aromatic rings. The lowest BCUT2D eigenvalue weighted by molar-refractivity contribution is 0.184. The highest BCUT2D eigenvalue weighted by Crippen LogP contribution is 2.26. The number of hydrogen-bond acceptors (Lipinski definition) is 3. The van der Waals surface area contributed by atoms with E-state index in [1.165, 1.54) is 0 Å². The predicted octanol–water partition coefficient (Wildman–Crippen LogP) is 3.95. The molecule has 25 heavy (non-hydrogen) atoms. The van der Waals surface area contributed by atoms with Crippen LogP contribution in [0.2, 0.25) is 5.02 Å². The molecule has 1 aliphatic heterocycles. The first kappa shape index (κ1) is 15.9. The van der Waals surface area contributed by atoms with Crippen molar-refractivity contribution in [3.8, 4) is 0 Å². The zero-order valence-corrected chi connectivity index (χ0v) is 14.4. The van der Waals surface area contributed by atoms with Gasteiger partial charge >= 0.3 is 6.03 Å². The summed E-state index contributed by atoms with van der Waals surface area (Å²) < 4.78 is 2.13. The summed E-state index contributed by atoms with van der Waals surface area (Å²) in [7, 11) is 0. The summed E-state index contributed by atoms with van der Waals surface area (Å²) in [4.78, 5) is 23.1. The molecule has 2 aromatic heterocycles. The zero-order valence-electron chi connectivity index (χ0n) is 13.6. The summed E-state index contributed by atoms with van der Waals surface area (Å²) in [6, 6.07) is 11.3. The zero-order chi connectivity index (χ0) is 17.2. The Morgan fingerprint density at radius 2 is 2.00 bits per heavy atom. The largest absolute Gasteiger partial charge is 0.324 e. The molecule has 3 heterocycles. The van der Waals surface area contributed by atoms with Crippen molar-refractivity contribution < 1.29 is 4.79 Å². The Labute approximate surface area is 150 Å². The summed E-state index contributed by atoms with van der Waals surface area (Å²) in [5.74, 6) is 0. The van der Waals surface area contributed by atoms with Crippen LogP contribution in [0.15, 0.2) is 48.9 Å². The Hall–Kier alpha value is -2.60. The van der Waals surface area contributed by atoms with Gasteiger partial charge < -0.3 is 14.8 Å². The number of benzene rings is 1. The van der Waals surface area contributed by atoms with Crippen LogP contribution < -0.4 is 5.32 Å². The van der Waals surface area contributed by atoms with Crippen molar-refractivity contribution in [3.63, 3.8) is 0 Å². The van der Waals surface area contributed by atoms with E-state index in [2.05, 4.69) is 19.9 Å². The number of aromatic nitrogens is 3. The molecule has 0 atom stereocenters. The number of hydrogen-bond donors (Lipinski definition) is 1. The highest BCUT2D eigenvalue weighted by Gasteiger charge is 2.25. The van der Waals surface area contributed by atoms with E-state index in [0.29, 0.717) is 29.8 Å². The average Bonchev–Trinajstić information content (AvgIpc) is 3.06. The van der Waals surface area contributed by atoms with Crippen molar-refractivity contribution in [2.45, 2.75) is 18.9 Å². The predicted molar refractivity (Wildman–Crippen MR) is 97.8 cm³/mol. The lowest BCUT2D eigenvalue weighted by Crippen LogP contribution is -2.41. The van der Waals surface area contributed by atoms with Crippen molar-refractivity contribution in [3.05, 3.63) is 53.9 Å². The monoisotopic (exact) mass is 355 g/mol. The lowest BCUT2D eigenvalue weighted by Gasteiger charge is -2.32. The van der Waals surface area contributed by atoms with Crippen LogP contribution in [-0.2, 0) is 0 Å². The van der Waals surface area contributed by atoms with Gasteiger partial charge in [-0.25, -0.2) is 14.8 Å². The Morgan fingerprint density at radius 1 is 1.16 bits per heavy atom. The van der Waals surface area contributed by atoms with Gasteiger partial charge in [-0.15, -0.1) is 0 Å². The van der Waals surface area contributed by atoms with Crippen LogP contribution in [0.3, 0.4) is 0 Å². The van der Waals surface area contributed by atoms with Crippen LogP contribution in [0.1, 0.15) is 18.9 Å². The van der Waals surface area contributed by atoms with Crippen molar-refractivity contribution in [2.24, 2.45) is 0 Å². The fourth-order valence-electron chi connectivity index (χ4n) is 3.25. The number of rotatable bonds is 2. The molecule has 7 heteroatoms. The van der Waals surface area contributed by atoms with E-state index in [0.717, 1.165) is 24.0 Å².